The first-order valence-corrected chi connectivity index (χ1v) is 8.38. The first kappa shape index (κ1) is 16.1. The van der Waals surface area contributed by atoms with Gasteiger partial charge in [-0.25, -0.2) is 4.39 Å². The average molecular weight is 312 g/mol. The summed E-state index contributed by atoms with van der Waals surface area (Å²) in [5.41, 5.74) is 1.47. The molecule has 2 aromatic rings. The number of amides is 1. The molecule has 0 bridgehead atoms. The zero-order valence-electron chi connectivity index (χ0n) is 13.6. The second kappa shape index (κ2) is 6.77. The van der Waals surface area contributed by atoms with Crippen LogP contribution in [-0.4, -0.2) is 24.9 Å². The molecule has 0 spiro atoms. The molecular weight excluding hydrogens is 290 g/mol. The van der Waals surface area contributed by atoms with Gasteiger partial charge in [-0.2, -0.15) is 0 Å². The third-order valence-electron chi connectivity index (χ3n) is 4.86. The van der Waals surface area contributed by atoms with Gasteiger partial charge in [-0.1, -0.05) is 31.1 Å². The van der Waals surface area contributed by atoms with Gasteiger partial charge in [0.2, 0.25) is 0 Å². The smallest absolute Gasteiger partial charge is 0.253 e. The van der Waals surface area contributed by atoms with Crippen LogP contribution in [0.5, 0.6) is 0 Å². The van der Waals surface area contributed by atoms with E-state index in [0.717, 1.165) is 0 Å². The molecule has 0 saturated heterocycles. The van der Waals surface area contributed by atoms with Crippen LogP contribution in [0.15, 0.2) is 18.3 Å². The highest BCUT2D eigenvalue weighted by atomic mass is 19.1. The van der Waals surface area contributed by atoms with Crippen LogP contribution < -0.4 is 10.8 Å². The van der Waals surface area contributed by atoms with Gasteiger partial charge in [0.05, 0.1) is 11.1 Å². The Bertz CT molecular complexity index is 717. The van der Waals surface area contributed by atoms with Crippen LogP contribution in [0.1, 0.15) is 48.9 Å². The first-order valence-electron chi connectivity index (χ1n) is 8.38. The highest BCUT2D eigenvalue weighted by molar-refractivity contribution is 6.40. The normalized spacial score (nSPS) is 16.4. The number of fused-ring (bicyclic) bond motifs is 1. The predicted molar refractivity (Wildman–Crippen MR) is 91.8 cm³/mol. The van der Waals surface area contributed by atoms with Crippen LogP contribution >= 0.6 is 0 Å². The van der Waals surface area contributed by atoms with Crippen LogP contribution in [0.4, 0.5) is 4.39 Å². The Morgan fingerprint density at radius 2 is 2.00 bits per heavy atom. The monoisotopic (exact) mass is 312 g/mol. The number of hydrogen-bond donors (Lipinski definition) is 1. The van der Waals surface area contributed by atoms with Crippen molar-refractivity contribution in [1.82, 2.24) is 9.88 Å². The van der Waals surface area contributed by atoms with Crippen molar-refractivity contribution < 1.29 is 9.18 Å². The third kappa shape index (κ3) is 3.43. The largest absolute Gasteiger partial charge is 0.352 e. The van der Waals surface area contributed by atoms with Gasteiger partial charge in [-0.05, 0) is 30.9 Å². The standard InChI is InChI=1S/C18H22BFN2O/c1-22-11-14(17-15(19)8-13(20)9-16(17)22)18(23)21-10-12-6-4-2-3-5-7-12/h8-9,11-12H,2-7,10H2,1H3,(H,21,23). The molecule has 1 fully saturated rings. The Kier molecular flexibility index (Phi) is 4.74. The molecule has 5 heteroatoms. The maximum absolute atomic E-state index is 13.5. The lowest BCUT2D eigenvalue weighted by Gasteiger charge is -2.14. The van der Waals surface area contributed by atoms with E-state index in [2.05, 4.69) is 5.32 Å². The van der Waals surface area contributed by atoms with E-state index in [1.165, 1.54) is 50.7 Å². The van der Waals surface area contributed by atoms with Gasteiger partial charge >= 0.3 is 0 Å². The van der Waals surface area contributed by atoms with E-state index < -0.39 is 0 Å². The number of halogens is 1. The number of benzene rings is 1. The molecule has 0 aliphatic heterocycles. The van der Waals surface area contributed by atoms with Crippen LogP contribution in [0.3, 0.4) is 0 Å². The summed E-state index contributed by atoms with van der Waals surface area (Å²) < 4.78 is 15.3. The minimum absolute atomic E-state index is 0.127. The van der Waals surface area contributed by atoms with E-state index in [9.17, 15) is 9.18 Å². The van der Waals surface area contributed by atoms with Crippen molar-refractivity contribution in [3.8, 4) is 0 Å². The van der Waals surface area contributed by atoms with E-state index in [4.69, 9.17) is 7.85 Å². The number of hydrogen-bond acceptors (Lipinski definition) is 1. The lowest BCUT2D eigenvalue weighted by Crippen LogP contribution is -2.29. The first-order chi connectivity index (χ1) is 11.1. The Hall–Kier alpha value is -1.78. The summed E-state index contributed by atoms with van der Waals surface area (Å²) >= 11 is 0. The molecule has 1 aromatic heterocycles. The highest BCUT2D eigenvalue weighted by Gasteiger charge is 2.18. The fraction of sp³-hybridized carbons (Fsp3) is 0.500. The second-order valence-electron chi connectivity index (χ2n) is 6.61. The lowest BCUT2D eigenvalue weighted by molar-refractivity contribution is 0.0947. The average Bonchev–Trinajstić information content (AvgIpc) is 2.71. The third-order valence-corrected chi connectivity index (χ3v) is 4.86. The van der Waals surface area contributed by atoms with Crippen LogP contribution in [0.25, 0.3) is 10.9 Å². The van der Waals surface area contributed by atoms with Crippen LogP contribution in [-0.2, 0) is 7.05 Å². The molecule has 1 saturated carbocycles. The molecule has 1 aliphatic rings. The summed E-state index contributed by atoms with van der Waals surface area (Å²) in [4.78, 5) is 12.6. The minimum Gasteiger partial charge on any atom is -0.352 e. The van der Waals surface area contributed by atoms with Crippen LogP contribution in [0.2, 0.25) is 0 Å². The molecule has 0 atom stereocenters. The molecule has 1 N–H and O–H groups in total. The van der Waals surface area contributed by atoms with E-state index in [-0.39, 0.29) is 11.7 Å². The molecule has 1 amide bonds. The zero-order valence-corrected chi connectivity index (χ0v) is 13.6. The number of carbonyl (C=O) groups is 1. The van der Waals surface area contributed by atoms with E-state index in [1.54, 1.807) is 17.8 Å². The number of aryl methyl sites for hydroxylation is 1. The Balaban J connectivity index is 1.78. The number of nitrogens with zero attached hydrogens (tertiary/aromatic N) is 1. The topological polar surface area (TPSA) is 34.0 Å². The maximum Gasteiger partial charge on any atom is 0.253 e. The molecule has 0 unspecified atom stereocenters. The van der Waals surface area contributed by atoms with E-state index in [1.807, 2.05) is 0 Å². The lowest BCUT2D eigenvalue weighted by atomic mass is 9.90. The molecule has 2 radical (unpaired) electrons. The fourth-order valence-corrected chi connectivity index (χ4v) is 3.58. The molecule has 3 rings (SSSR count). The molecule has 120 valence electrons. The van der Waals surface area contributed by atoms with Gasteiger partial charge in [0.25, 0.3) is 5.91 Å². The van der Waals surface area contributed by atoms with Gasteiger partial charge in [0.15, 0.2) is 0 Å². The van der Waals surface area contributed by atoms with Gasteiger partial charge in [-0.15, -0.1) is 0 Å². The summed E-state index contributed by atoms with van der Waals surface area (Å²) in [6, 6.07) is 2.68. The van der Waals surface area contributed by atoms with Crippen molar-refractivity contribution in [2.75, 3.05) is 6.54 Å². The quantitative estimate of drug-likeness (QED) is 0.686. The summed E-state index contributed by atoms with van der Waals surface area (Å²) in [6.45, 7) is 0.705. The number of nitrogens with one attached hydrogen (secondary N) is 1. The molecule has 3 nitrogen and oxygen atoms in total. The summed E-state index contributed by atoms with van der Waals surface area (Å²) in [5, 5.41) is 3.67. The number of rotatable bonds is 3. The van der Waals surface area contributed by atoms with Gasteiger partial charge in [-0.3, -0.25) is 4.79 Å². The maximum atomic E-state index is 13.5. The van der Waals surface area contributed by atoms with E-state index in [0.29, 0.717) is 34.4 Å². The fourth-order valence-electron chi connectivity index (χ4n) is 3.58. The Morgan fingerprint density at radius 3 is 2.70 bits per heavy atom. The number of carbonyl (C=O) groups excluding carboxylic acids is 1. The zero-order chi connectivity index (χ0) is 16.4. The van der Waals surface area contributed by atoms with Crippen molar-refractivity contribution in [3.63, 3.8) is 0 Å². The summed E-state index contributed by atoms with van der Waals surface area (Å²) in [7, 11) is 7.73. The Morgan fingerprint density at radius 1 is 1.30 bits per heavy atom. The highest BCUT2D eigenvalue weighted by Crippen LogP contribution is 2.23. The van der Waals surface area contributed by atoms with Gasteiger partial charge in [0, 0.05) is 25.2 Å². The van der Waals surface area contributed by atoms with Crippen LogP contribution in [0, 0.1) is 11.7 Å². The van der Waals surface area contributed by atoms with Crippen molar-refractivity contribution in [2.45, 2.75) is 38.5 Å². The molecule has 1 aliphatic carbocycles. The van der Waals surface area contributed by atoms with Crippen molar-refractivity contribution in [2.24, 2.45) is 13.0 Å². The molecule has 1 aromatic carbocycles. The van der Waals surface area contributed by atoms with Crippen molar-refractivity contribution in [3.05, 3.63) is 29.7 Å². The van der Waals surface area contributed by atoms with Crippen molar-refractivity contribution in [1.29, 1.82) is 0 Å². The summed E-state index contributed by atoms with van der Waals surface area (Å²) in [5.74, 6) is 0.0472. The van der Waals surface area contributed by atoms with Crippen molar-refractivity contribution >= 4 is 30.1 Å². The summed E-state index contributed by atoms with van der Waals surface area (Å²) in [6.07, 6.45) is 9.20. The Labute approximate surface area is 137 Å². The second-order valence-corrected chi connectivity index (χ2v) is 6.61. The molecule has 23 heavy (non-hydrogen) atoms. The number of aromatic nitrogens is 1. The molecular formula is C18H22BFN2O. The minimum atomic E-state index is -0.387. The van der Waals surface area contributed by atoms with Gasteiger partial charge < -0.3 is 9.88 Å². The van der Waals surface area contributed by atoms with Gasteiger partial charge in [0.1, 0.15) is 13.7 Å². The SMILES string of the molecule is [B]c1cc(F)cc2c1c(C(=O)NCC1CCCCCC1)cn2C. The molecule has 1 heterocycles. The van der Waals surface area contributed by atoms with E-state index >= 15 is 0 Å². The predicted octanol–water partition coefficient (Wildman–Crippen LogP) is 2.81.